The van der Waals surface area contributed by atoms with Crippen molar-refractivity contribution in [2.75, 3.05) is 5.32 Å². The Labute approximate surface area is 128 Å². The molecule has 3 N–H and O–H groups in total. The van der Waals surface area contributed by atoms with Gasteiger partial charge in [0.2, 0.25) is 5.91 Å². The number of halogens is 1. The molecule has 3 nitrogen and oxygen atoms in total. The minimum absolute atomic E-state index is 0.0766. The molecule has 0 heterocycles. The second-order valence-corrected chi connectivity index (χ2v) is 5.12. The van der Waals surface area contributed by atoms with Gasteiger partial charge in [-0.15, -0.1) is 0 Å². The highest BCUT2D eigenvalue weighted by atomic mass is 32.1. The molecule has 0 aromatic heterocycles. The van der Waals surface area contributed by atoms with Crippen LogP contribution in [0, 0.1) is 12.7 Å². The first-order chi connectivity index (χ1) is 10.0. The number of nitrogens with two attached hydrogens (primary N) is 1. The van der Waals surface area contributed by atoms with Gasteiger partial charge in [-0.25, -0.2) is 4.39 Å². The second-order valence-electron chi connectivity index (χ2n) is 4.65. The third-order valence-electron chi connectivity index (χ3n) is 3.21. The normalized spacial score (nSPS) is 11.7. The molecule has 108 valence electrons. The van der Waals surface area contributed by atoms with E-state index < -0.39 is 5.92 Å². The number of anilines is 1. The van der Waals surface area contributed by atoms with Gasteiger partial charge < -0.3 is 11.1 Å². The lowest BCUT2D eigenvalue weighted by Gasteiger charge is -2.17. The Bertz CT molecular complexity index is 673. The van der Waals surface area contributed by atoms with Crippen molar-refractivity contribution >= 4 is 28.8 Å². The molecular weight excluding hydrogens is 287 g/mol. The van der Waals surface area contributed by atoms with E-state index in [1.165, 1.54) is 12.1 Å². The van der Waals surface area contributed by atoms with E-state index in [-0.39, 0.29) is 16.7 Å². The van der Waals surface area contributed by atoms with Gasteiger partial charge in [0.1, 0.15) is 11.7 Å². The smallest absolute Gasteiger partial charge is 0.238 e. The number of rotatable bonds is 4. The number of thiocarbonyl (C=S) groups is 1. The topological polar surface area (TPSA) is 55.1 Å². The fraction of sp³-hybridized carbons (Fsp3) is 0.125. The van der Waals surface area contributed by atoms with Crippen LogP contribution < -0.4 is 11.1 Å². The molecule has 1 atom stereocenters. The van der Waals surface area contributed by atoms with Gasteiger partial charge in [0.25, 0.3) is 0 Å². The number of benzene rings is 2. The Hall–Kier alpha value is -2.27. The predicted octanol–water partition coefficient (Wildman–Crippen LogP) is 3.14. The lowest BCUT2D eigenvalue weighted by Crippen LogP contribution is -2.31. The van der Waals surface area contributed by atoms with Crippen LogP contribution in [0.2, 0.25) is 0 Å². The Morgan fingerprint density at radius 3 is 2.48 bits per heavy atom. The highest BCUT2D eigenvalue weighted by molar-refractivity contribution is 7.80. The largest absolute Gasteiger partial charge is 0.392 e. The monoisotopic (exact) mass is 302 g/mol. The first-order valence-electron chi connectivity index (χ1n) is 6.41. The molecule has 2 aromatic carbocycles. The maximum Gasteiger partial charge on any atom is 0.238 e. The highest BCUT2D eigenvalue weighted by Gasteiger charge is 2.24. The molecule has 1 amide bonds. The van der Waals surface area contributed by atoms with Gasteiger partial charge >= 0.3 is 0 Å². The van der Waals surface area contributed by atoms with E-state index in [2.05, 4.69) is 5.32 Å². The molecule has 0 aliphatic rings. The van der Waals surface area contributed by atoms with Crippen molar-refractivity contribution in [2.45, 2.75) is 12.8 Å². The predicted molar refractivity (Wildman–Crippen MR) is 85.7 cm³/mol. The van der Waals surface area contributed by atoms with E-state index in [0.717, 1.165) is 0 Å². The van der Waals surface area contributed by atoms with E-state index in [4.69, 9.17) is 18.0 Å². The summed E-state index contributed by atoms with van der Waals surface area (Å²) in [6.45, 7) is 1.60. The van der Waals surface area contributed by atoms with Gasteiger partial charge in [0.15, 0.2) is 0 Å². The van der Waals surface area contributed by atoms with Crippen molar-refractivity contribution in [2.24, 2.45) is 5.73 Å². The van der Waals surface area contributed by atoms with Crippen molar-refractivity contribution in [3.63, 3.8) is 0 Å². The van der Waals surface area contributed by atoms with E-state index >= 15 is 0 Å². The number of amides is 1. The van der Waals surface area contributed by atoms with E-state index in [1.807, 2.05) is 6.07 Å². The summed E-state index contributed by atoms with van der Waals surface area (Å²) in [5.74, 6) is -1.49. The average molecular weight is 302 g/mol. The molecule has 0 saturated carbocycles. The first-order valence-corrected chi connectivity index (χ1v) is 6.81. The van der Waals surface area contributed by atoms with Gasteiger partial charge in [0, 0.05) is 11.3 Å². The molecule has 1 unspecified atom stereocenters. The van der Waals surface area contributed by atoms with Gasteiger partial charge in [-0.3, -0.25) is 4.79 Å². The average Bonchev–Trinajstić information content (AvgIpc) is 2.45. The zero-order valence-corrected chi connectivity index (χ0v) is 12.3. The van der Waals surface area contributed by atoms with Crippen LogP contribution in [0.5, 0.6) is 0 Å². The summed E-state index contributed by atoms with van der Waals surface area (Å²) >= 11 is 4.99. The Kier molecular flexibility index (Phi) is 4.65. The molecule has 2 rings (SSSR count). The summed E-state index contributed by atoms with van der Waals surface area (Å²) in [4.78, 5) is 12.5. The van der Waals surface area contributed by atoms with Crippen LogP contribution >= 0.6 is 12.2 Å². The van der Waals surface area contributed by atoms with Gasteiger partial charge in [-0.1, -0.05) is 48.6 Å². The molecule has 0 radical (unpaired) electrons. The number of hydrogen-bond donors (Lipinski definition) is 2. The summed E-state index contributed by atoms with van der Waals surface area (Å²) in [5.41, 5.74) is 7.18. The maximum atomic E-state index is 13.5. The molecule has 5 heteroatoms. The van der Waals surface area contributed by atoms with Crippen molar-refractivity contribution in [3.05, 3.63) is 65.5 Å². The SMILES string of the molecule is Cc1c(F)cccc1NC(=O)C(C(N)=S)c1ccccc1. The lowest BCUT2D eigenvalue weighted by molar-refractivity contribution is -0.116. The van der Waals surface area contributed by atoms with Crippen LogP contribution in [0.4, 0.5) is 10.1 Å². The summed E-state index contributed by atoms with van der Waals surface area (Å²) < 4.78 is 13.5. The summed E-state index contributed by atoms with van der Waals surface area (Å²) in [7, 11) is 0. The molecule has 0 saturated heterocycles. The molecule has 0 bridgehead atoms. The second kappa shape index (κ2) is 6.45. The molecule has 0 spiro atoms. The van der Waals surface area contributed by atoms with Gasteiger partial charge in [-0.05, 0) is 24.6 Å². The molecular formula is C16H15FN2OS. The Balaban J connectivity index is 2.28. The number of nitrogens with one attached hydrogen (secondary N) is 1. The van der Waals surface area contributed by atoms with E-state index in [9.17, 15) is 9.18 Å². The van der Waals surface area contributed by atoms with Crippen LogP contribution in [0.3, 0.4) is 0 Å². The maximum absolute atomic E-state index is 13.5. The fourth-order valence-electron chi connectivity index (χ4n) is 2.04. The fourth-order valence-corrected chi connectivity index (χ4v) is 2.28. The summed E-state index contributed by atoms with van der Waals surface area (Å²) in [6, 6.07) is 13.5. The van der Waals surface area contributed by atoms with Crippen molar-refractivity contribution < 1.29 is 9.18 Å². The number of carbonyl (C=O) groups is 1. The number of hydrogen-bond acceptors (Lipinski definition) is 2. The van der Waals surface area contributed by atoms with Crippen LogP contribution in [-0.4, -0.2) is 10.9 Å². The van der Waals surface area contributed by atoms with Gasteiger partial charge in [0.05, 0.1) is 4.99 Å². The molecule has 0 fully saturated rings. The van der Waals surface area contributed by atoms with Crippen molar-refractivity contribution in [1.82, 2.24) is 0 Å². The first kappa shape index (κ1) is 15.1. The van der Waals surface area contributed by atoms with E-state index in [0.29, 0.717) is 16.8 Å². The van der Waals surface area contributed by atoms with Crippen LogP contribution in [0.25, 0.3) is 0 Å². The van der Waals surface area contributed by atoms with E-state index in [1.54, 1.807) is 37.3 Å². The molecule has 0 aliphatic heterocycles. The quantitative estimate of drug-likeness (QED) is 0.853. The third-order valence-corrected chi connectivity index (χ3v) is 3.44. The highest BCUT2D eigenvalue weighted by Crippen LogP contribution is 2.22. The molecule has 2 aromatic rings. The van der Waals surface area contributed by atoms with Crippen LogP contribution in [-0.2, 0) is 4.79 Å². The van der Waals surface area contributed by atoms with Crippen molar-refractivity contribution in [1.29, 1.82) is 0 Å². The number of carbonyl (C=O) groups excluding carboxylic acids is 1. The van der Waals surface area contributed by atoms with Crippen molar-refractivity contribution in [3.8, 4) is 0 Å². The molecule has 0 aliphatic carbocycles. The summed E-state index contributed by atoms with van der Waals surface area (Å²) in [6.07, 6.45) is 0. The minimum Gasteiger partial charge on any atom is -0.392 e. The van der Waals surface area contributed by atoms with Gasteiger partial charge in [-0.2, -0.15) is 0 Å². The lowest BCUT2D eigenvalue weighted by atomic mass is 9.98. The Morgan fingerprint density at radius 1 is 1.19 bits per heavy atom. The standard InChI is InChI=1S/C16H15FN2OS/c1-10-12(17)8-5-9-13(10)19-16(20)14(15(18)21)11-6-3-2-4-7-11/h2-9,14H,1H3,(H2,18,21)(H,19,20). The minimum atomic E-state index is -0.746. The zero-order chi connectivity index (χ0) is 15.4. The zero-order valence-electron chi connectivity index (χ0n) is 11.5. The summed E-state index contributed by atoms with van der Waals surface area (Å²) in [5, 5.41) is 2.68. The third kappa shape index (κ3) is 3.44. The molecule has 21 heavy (non-hydrogen) atoms. The van der Waals surface area contributed by atoms with Crippen LogP contribution in [0.15, 0.2) is 48.5 Å². The Morgan fingerprint density at radius 2 is 1.86 bits per heavy atom. The van der Waals surface area contributed by atoms with Crippen LogP contribution in [0.1, 0.15) is 17.0 Å².